The number of pyridine rings is 2. The monoisotopic (exact) mass is 473 g/mol. The molecule has 4 rings (SSSR count). The fourth-order valence-electron chi connectivity index (χ4n) is 3.87. The van der Waals surface area contributed by atoms with Gasteiger partial charge in [0.05, 0.1) is 11.0 Å². The maximum absolute atomic E-state index is 12.0. The van der Waals surface area contributed by atoms with Crippen molar-refractivity contribution in [2.75, 3.05) is 25.4 Å². The van der Waals surface area contributed by atoms with Gasteiger partial charge in [0.1, 0.15) is 17.9 Å². The van der Waals surface area contributed by atoms with Gasteiger partial charge in [-0.3, -0.25) is 4.98 Å². The van der Waals surface area contributed by atoms with Gasteiger partial charge in [0, 0.05) is 44.0 Å². The van der Waals surface area contributed by atoms with Gasteiger partial charge in [-0.25, -0.2) is 14.8 Å². The van der Waals surface area contributed by atoms with Crippen molar-refractivity contribution in [2.24, 2.45) is 0 Å². The van der Waals surface area contributed by atoms with Gasteiger partial charge in [0.15, 0.2) is 5.82 Å². The van der Waals surface area contributed by atoms with Crippen molar-refractivity contribution >= 4 is 45.9 Å². The number of amides is 2. The predicted molar refractivity (Wildman–Crippen MR) is 140 cm³/mol. The maximum atomic E-state index is 12.0. The molecule has 2 amide bonds. The van der Waals surface area contributed by atoms with Crippen LogP contribution in [-0.4, -0.2) is 45.2 Å². The quantitative estimate of drug-likeness (QED) is 0.320. The number of urea groups is 1. The number of aromatic nitrogens is 4. The van der Waals surface area contributed by atoms with E-state index >= 15 is 0 Å². The number of benzene rings is 1. The number of hydrogen-bond donors (Lipinski definition) is 3. The highest BCUT2D eigenvalue weighted by Crippen LogP contribution is 2.30. The molecule has 9 nitrogen and oxygen atoms in total. The average molecular weight is 474 g/mol. The largest absolute Gasteiger partial charge is 0.382 e. The Hall–Kier alpha value is -3.98. The number of imidazole rings is 1. The lowest BCUT2D eigenvalue weighted by atomic mass is 10.1. The van der Waals surface area contributed by atoms with Crippen LogP contribution in [0.4, 0.5) is 10.6 Å². The van der Waals surface area contributed by atoms with E-state index < -0.39 is 0 Å². The van der Waals surface area contributed by atoms with Crippen LogP contribution in [0.15, 0.2) is 42.7 Å². The Balaban J connectivity index is 1.69. The first-order valence-corrected chi connectivity index (χ1v) is 11.9. The molecule has 0 aliphatic carbocycles. The fraction of sp³-hybridized carbons (Fsp3) is 0.308. The van der Waals surface area contributed by atoms with E-state index in [2.05, 4.69) is 25.2 Å². The molecule has 0 fully saturated rings. The van der Waals surface area contributed by atoms with Crippen LogP contribution in [-0.2, 0) is 17.9 Å². The zero-order valence-corrected chi connectivity index (χ0v) is 20.1. The summed E-state index contributed by atoms with van der Waals surface area (Å²) in [5.74, 6) is 1.12. The molecule has 0 radical (unpaired) electrons. The van der Waals surface area contributed by atoms with E-state index in [1.807, 2.05) is 62.5 Å². The molecule has 0 saturated heterocycles. The molecule has 0 spiro atoms. The average Bonchev–Trinajstić information content (AvgIpc) is 3.24. The van der Waals surface area contributed by atoms with Crippen molar-refractivity contribution in [3.8, 4) is 0 Å². The van der Waals surface area contributed by atoms with Crippen LogP contribution in [0.25, 0.3) is 34.1 Å². The summed E-state index contributed by atoms with van der Waals surface area (Å²) < 4.78 is 7.72. The molecule has 35 heavy (non-hydrogen) atoms. The standard InChI is InChI=1S/C26H31N7O2/c1-3-11-29-26(34)30-13-14-33-22(17-35-4-2)32-23-24(33)20-10-9-18(15-21(20)31-25(23)27)7-8-19-6-5-12-28-16-19/h5-10,12,15-16H,3-4,11,13-14,17H2,1-2H3,(H2,27,31)(H2,29,30,34)/b8-7+. The number of carbonyl (C=O) groups is 1. The van der Waals surface area contributed by atoms with Crippen molar-refractivity contribution in [2.45, 2.75) is 33.4 Å². The highest BCUT2D eigenvalue weighted by Gasteiger charge is 2.17. The first-order chi connectivity index (χ1) is 17.1. The number of anilines is 1. The number of nitrogen functional groups attached to an aromatic ring is 1. The minimum atomic E-state index is -0.182. The van der Waals surface area contributed by atoms with Crippen LogP contribution in [0, 0.1) is 0 Å². The lowest BCUT2D eigenvalue weighted by Gasteiger charge is -2.12. The van der Waals surface area contributed by atoms with Crippen molar-refractivity contribution in [1.82, 2.24) is 30.2 Å². The fourth-order valence-corrected chi connectivity index (χ4v) is 3.87. The highest BCUT2D eigenvalue weighted by molar-refractivity contribution is 6.07. The molecular weight excluding hydrogens is 442 g/mol. The number of hydrogen-bond acceptors (Lipinski definition) is 6. The van der Waals surface area contributed by atoms with Crippen molar-refractivity contribution in [3.63, 3.8) is 0 Å². The van der Waals surface area contributed by atoms with Gasteiger partial charge < -0.3 is 25.7 Å². The molecule has 0 aliphatic heterocycles. The molecule has 0 aliphatic rings. The zero-order chi connectivity index (χ0) is 24.6. The van der Waals surface area contributed by atoms with Crippen LogP contribution in [0.2, 0.25) is 0 Å². The normalized spacial score (nSPS) is 11.5. The Morgan fingerprint density at radius 2 is 1.94 bits per heavy atom. The Bertz CT molecular complexity index is 1330. The lowest BCUT2D eigenvalue weighted by Crippen LogP contribution is -2.37. The van der Waals surface area contributed by atoms with Crippen LogP contribution in [0.3, 0.4) is 0 Å². The van der Waals surface area contributed by atoms with E-state index in [0.717, 1.165) is 39.8 Å². The molecule has 9 heteroatoms. The van der Waals surface area contributed by atoms with E-state index in [0.29, 0.717) is 44.2 Å². The molecule has 0 atom stereocenters. The number of carbonyl (C=O) groups excluding carboxylic acids is 1. The summed E-state index contributed by atoms with van der Waals surface area (Å²) in [6.45, 7) is 6.48. The van der Waals surface area contributed by atoms with Gasteiger partial charge in [0.2, 0.25) is 0 Å². The molecule has 3 aromatic heterocycles. The van der Waals surface area contributed by atoms with Crippen molar-refractivity contribution in [3.05, 3.63) is 59.7 Å². The second kappa shape index (κ2) is 11.4. The van der Waals surface area contributed by atoms with Gasteiger partial charge in [0.25, 0.3) is 0 Å². The third-order valence-corrected chi connectivity index (χ3v) is 5.55. The number of fused-ring (bicyclic) bond motifs is 3. The van der Waals surface area contributed by atoms with Crippen molar-refractivity contribution < 1.29 is 9.53 Å². The zero-order valence-electron chi connectivity index (χ0n) is 20.1. The summed E-state index contributed by atoms with van der Waals surface area (Å²) in [5.41, 5.74) is 10.7. The summed E-state index contributed by atoms with van der Waals surface area (Å²) in [4.78, 5) is 25.5. The molecule has 4 N–H and O–H groups in total. The molecule has 3 heterocycles. The topological polar surface area (TPSA) is 120 Å². The van der Waals surface area contributed by atoms with Crippen molar-refractivity contribution in [1.29, 1.82) is 0 Å². The maximum Gasteiger partial charge on any atom is 0.314 e. The van der Waals surface area contributed by atoms with Crippen LogP contribution >= 0.6 is 0 Å². The SMILES string of the molecule is CCCNC(=O)NCCn1c(COCC)nc2c(N)nc3cc(/C=C/c4cccnc4)ccc3c21. The number of nitrogens with zero attached hydrogens (tertiary/aromatic N) is 4. The second-order valence-corrected chi connectivity index (χ2v) is 8.09. The Morgan fingerprint density at radius 1 is 1.11 bits per heavy atom. The third-order valence-electron chi connectivity index (χ3n) is 5.55. The molecule has 182 valence electrons. The van der Waals surface area contributed by atoms with E-state index in [1.54, 1.807) is 6.20 Å². The summed E-state index contributed by atoms with van der Waals surface area (Å²) >= 11 is 0. The molecule has 0 saturated carbocycles. The summed E-state index contributed by atoms with van der Waals surface area (Å²) in [6.07, 6.45) is 8.48. The van der Waals surface area contributed by atoms with Crippen LogP contribution < -0.4 is 16.4 Å². The third kappa shape index (κ3) is 5.75. The van der Waals surface area contributed by atoms with Crippen LogP contribution in [0.5, 0.6) is 0 Å². The number of ether oxygens (including phenoxy) is 1. The number of nitrogens with one attached hydrogen (secondary N) is 2. The second-order valence-electron chi connectivity index (χ2n) is 8.09. The van der Waals surface area contributed by atoms with Gasteiger partial charge >= 0.3 is 6.03 Å². The predicted octanol–water partition coefficient (Wildman–Crippen LogP) is 3.98. The van der Waals surface area contributed by atoms with Gasteiger partial charge in [-0.2, -0.15) is 0 Å². The summed E-state index contributed by atoms with van der Waals surface area (Å²) in [6, 6.07) is 9.81. The molecule has 4 aromatic rings. The van der Waals surface area contributed by atoms with Gasteiger partial charge in [-0.15, -0.1) is 0 Å². The van der Waals surface area contributed by atoms with Crippen LogP contribution in [0.1, 0.15) is 37.2 Å². The number of nitrogens with two attached hydrogens (primary N) is 1. The highest BCUT2D eigenvalue weighted by atomic mass is 16.5. The minimum Gasteiger partial charge on any atom is -0.382 e. The van der Waals surface area contributed by atoms with E-state index in [4.69, 9.17) is 15.5 Å². The Labute approximate surface area is 204 Å². The minimum absolute atomic E-state index is 0.182. The Morgan fingerprint density at radius 3 is 2.71 bits per heavy atom. The first kappa shape index (κ1) is 24.2. The smallest absolute Gasteiger partial charge is 0.314 e. The Kier molecular flexibility index (Phi) is 7.89. The number of rotatable bonds is 10. The van der Waals surface area contributed by atoms with E-state index in [1.165, 1.54) is 0 Å². The lowest BCUT2D eigenvalue weighted by molar-refractivity contribution is 0.126. The molecular formula is C26H31N7O2. The molecule has 0 unspecified atom stereocenters. The van der Waals surface area contributed by atoms with Gasteiger partial charge in [-0.05, 0) is 36.6 Å². The summed E-state index contributed by atoms with van der Waals surface area (Å²) in [7, 11) is 0. The van der Waals surface area contributed by atoms with Gasteiger partial charge in [-0.1, -0.05) is 37.3 Å². The molecule has 0 bridgehead atoms. The summed E-state index contributed by atoms with van der Waals surface area (Å²) in [5, 5.41) is 6.68. The van der Waals surface area contributed by atoms with E-state index in [9.17, 15) is 4.79 Å². The molecule has 1 aromatic carbocycles. The first-order valence-electron chi connectivity index (χ1n) is 11.9. The van der Waals surface area contributed by atoms with E-state index in [-0.39, 0.29) is 6.03 Å².